The Bertz CT molecular complexity index is 641. The van der Waals surface area contributed by atoms with Crippen molar-refractivity contribution in [1.82, 2.24) is 15.1 Å². The highest BCUT2D eigenvalue weighted by molar-refractivity contribution is 6.33. The Morgan fingerprint density at radius 3 is 2.40 bits per heavy atom. The quantitative estimate of drug-likeness (QED) is 0.873. The van der Waals surface area contributed by atoms with Gasteiger partial charge in [-0.25, -0.2) is 9.18 Å². The van der Waals surface area contributed by atoms with Crippen LogP contribution in [0.4, 0.5) is 9.18 Å². The number of nitrogens with one attached hydrogen (secondary N) is 1. The fourth-order valence-electron chi connectivity index (χ4n) is 3.95. The Balaban J connectivity index is 1.59. The van der Waals surface area contributed by atoms with Crippen LogP contribution in [-0.2, 0) is 0 Å². The summed E-state index contributed by atoms with van der Waals surface area (Å²) in [6.07, 6.45) is 2.81. The molecule has 7 heteroatoms. The molecule has 1 unspecified atom stereocenters. The van der Waals surface area contributed by atoms with Gasteiger partial charge in [0, 0.05) is 33.2 Å². The van der Waals surface area contributed by atoms with Crippen LogP contribution in [0, 0.1) is 17.7 Å². The van der Waals surface area contributed by atoms with Crippen molar-refractivity contribution < 1.29 is 14.0 Å². The lowest BCUT2D eigenvalue weighted by atomic mass is 9.84. The Hall–Kier alpha value is -1.82. The predicted molar refractivity (Wildman–Crippen MR) is 94.2 cm³/mol. The molecule has 2 saturated heterocycles. The lowest BCUT2D eigenvalue weighted by Gasteiger charge is -2.34. The van der Waals surface area contributed by atoms with E-state index in [2.05, 4.69) is 5.32 Å². The molecule has 1 atom stereocenters. The highest BCUT2D eigenvalue weighted by Crippen LogP contribution is 2.33. The molecule has 2 aliphatic heterocycles. The Kier molecular flexibility index (Phi) is 5.47. The van der Waals surface area contributed by atoms with Gasteiger partial charge in [0.2, 0.25) is 0 Å². The number of likely N-dealkylation sites (tertiary alicyclic amines) is 2. The van der Waals surface area contributed by atoms with E-state index in [1.807, 2.05) is 4.90 Å². The van der Waals surface area contributed by atoms with E-state index in [1.54, 1.807) is 18.0 Å². The third-order valence-corrected chi connectivity index (χ3v) is 5.71. The zero-order chi connectivity index (χ0) is 18.0. The first-order chi connectivity index (χ1) is 12.0. The second kappa shape index (κ2) is 7.60. The van der Waals surface area contributed by atoms with Crippen molar-refractivity contribution in [2.75, 3.05) is 33.2 Å². The molecule has 5 nitrogen and oxygen atoms in total. The summed E-state index contributed by atoms with van der Waals surface area (Å²) in [6.45, 7) is 2.75. The molecular weight excluding hydrogens is 345 g/mol. The minimum absolute atomic E-state index is 0.0285. The maximum absolute atomic E-state index is 14.0. The molecule has 1 N–H and O–H groups in total. The summed E-state index contributed by atoms with van der Waals surface area (Å²) in [5, 5.41) is 2.82. The van der Waals surface area contributed by atoms with E-state index in [0.29, 0.717) is 24.9 Å². The van der Waals surface area contributed by atoms with Gasteiger partial charge in [0.25, 0.3) is 5.91 Å². The zero-order valence-corrected chi connectivity index (χ0v) is 15.1. The van der Waals surface area contributed by atoms with Crippen molar-refractivity contribution >= 4 is 23.5 Å². The molecule has 0 bridgehead atoms. The normalized spacial score (nSPS) is 21.5. The van der Waals surface area contributed by atoms with E-state index in [0.717, 1.165) is 32.4 Å². The van der Waals surface area contributed by atoms with E-state index in [-0.39, 0.29) is 22.5 Å². The van der Waals surface area contributed by atoms with Gasteiger partial charge in [-0.05, 0) is 43.2 Å². The van der Waals surface area contributed by atoms with Crippen LogP contribution in [0.2, 0.25) is 5.02 Å². The monoisotopic (exact) mass is 367 g/mol. The molecular formula is C18H23ClFN3O2. The van der Waals surface area contributed by atoms with Crippen LogP contribution >= 0.6 is 11.6 Å². The molecule has 0 saturated carbocycles. The van der Waals surface area contributed by atoms with Gasteiger partial charge in [0.1, 0.15) is 5.82 Å². The molecule has 0 aliphatic carbocycles. The van der Waals surface area contributed by atoms with Crippen molar-refractivity contribution in [3.05, 3.63) is 34.6 Å². The summed E-state index contributed by atoms with van der Waals surface area (Å²) in [7, 11) is 1.64. The average Bonchev–Trinajstić information content (AvgIpc) is 3.11. The highest BCUT2D eigenvalue weighted by atomic mass is 35.5. The number of piperidine rings is 1. The first-order valence-electron chi connectivity index (χ1n) is 8.71. The van der Waals surface area contributed by atoms with Crippen molar-refractivity contribution in [3.8, 4) is 0 Å². The molecule has 2 aliphatic rings. The second-order valence-corrected chi connectivity index (χ2v) is 7.18. The maximum Gasteiger partial charge on any atom is 0.317 e. The number of amides is 3. The molecule has 136 valence electrons. The van der Waals surface area contributed by atoms with Gasteiger partial charge >= 0.3 is 6.03 Å². The summed E-state index contributed by atoms with van der Waals surface area (Å²) in [6, 6.07) is 4.28. The molecule has 2 heterocycles. The van der Waals surface area contributed by atoms with Gasteiger partial charge in [0.15, 0.2) is 0 Å². The number of rotatable bonds is 2. The lowest BCUT2D eigenvalue weighted by Crippen LogP contribution is -2.44. The molecule has 1 aromatic rings. The van der Waals surface area contributed by atoms with E-state index in [9.17, 15) is 14.0 Å². The third kappa shape index (κ3) is 3.73. The van der Waals surface area contributed by atoms with Crippen LogP contribution in [-0.4, -0.2) is 55.0 Å². The summed E-state index contributed by atoms with van der Waals surface area (Å²) >= 11 is 6.02. The topological polar surface area (TPSA) is 52.7 Å². The first-order valence-corrected chi connectivity index (χ1v) is 9.09. The SMILES string of the molecule is CNC(=O)N1CCC(C2CCN(C(=O)c3c(F)cccc3Cl)C2)CC1. The minimum Gasteiger partial charge on any atom is -0.341 e. The zero-order valence-electron chi connectivity index (χ0n) is 14.3. The molecule has 0 spiro atoms. The second-order valence-electron chi connectivity index (χ2n) is 6.78. The highest BCUT2D eigenvalue weighted by Gasteiger charge is 2.35. The number of benzene rings is 1. The van der Waals surface area contributed by atoms with Crippen molar-refractivity contribution in [2.45, 2.75) is 19.3 Å². The van der Waals surface area contributed by atoms with Crippen LogP contribution < -0.4 is 5.32 Å². The van der Waals surface area contributed by atoms with Gasteiger partial charge in [-0.1, -0.05) is 17.7 Å². The fourth-order valence-corrected chi connectivity index (χ4v) is 4.19. The summed E-state index contributed by atoms with van der Waals surface area (Å²) in [4.78, 5) is 27.8. The molecule has 1 aromatic carbocycles. The molecule has 0 aromatic heterocycles. The number of nitrogens with zero attached hydrogens (tertiary/aromatic N) is 2. The predicted octanol–water partition coefficient (Wildman–Crippen LogP) is 2.99. The molecule has 0 radical (unpaired) electrons. The number of carbonyl (C=O) groups is 2. The average molecular weight is 368 g/mol. The number of halogens is 2. The first kappa shape index (κ1) is 18.0. The smallest absolute Gasteiger partial charge is 0.317 e. The fraction of sp³-hybridized carbons (Fsp3) is 0.556. The minimum atomic E-state index is -0.570. The molecule has 3 rings (SSSR count). The van der Waals surface area contributed by atoms with E-state index in [4.69, 9.17) is 11.6 Å². The Labute approximate surface area is 152 Å². The summed E-state index contributed by atoms with van der Waals surface area (Å²) in [5.74, 6) is 0.00404. The van der Waals surface area contributed by atoms with Gasteiger partial charge in [-0.15, -0.1) is 0 Å². The third-order valence-electron chi connectivity index (χ3n) is 5.40. The van der Waals surface area contributed by atoms with Crippen molar-refractivity contribution in [1.29, 1.82) is 0 Å². The molecule has 25 heavy (non-hydrogen) atoms. The number of urea groups is 1. The standard InChI is InChI=1S/C18H23ClFN3O2/c1-21-18(25)22-8-5-12(6-9-22)13-7-10-23(11-13)17(24)16-14(19)3-2-4-15(16)20/h2-4,12-13H,5-11H2,1H3,(H,21,25). The summed E-state index contributed by atoms with van der Waals surface area (Å²) in [5.41, 5.74) is -0.0285. The van der Waals surface area contributed by atoms with Crippen LogP contribution in [0.5, 0.6) is 0 Å². The number of hydrogen-bond donors (Lipinski definition) is 1. The van der Waals surface area contributed by atoms with Crippen LogP contribution in [0.1, 0.15) is 29.6 Å². The molecule has 2 fully saturated rings. The largest absolute Gasteiger partial charge is 0.341 e. The van der Waals surface area contributed by atoms with E-state index in [1.165, 1.54) is 12.1 Å². The van der Waals surface area contributed by atoms with Crippen molar-refractivity contribution in [2.24, 2.45) is 11.8 Å². The Morgan fingerprint density at radius 2 is 1.76 bits per heavy atom. The van der Waals surface area contributed by atoms with E-state index >= 15 is 0 Å². The van der Waals surface area contributed by atoms with Gasteiger partial charge in [-0.2, -0.15) is 0 Å². The van der Waals surface area contributed by atoms with E-state index < -0.39 is 5.82 Å². The van der Waals surface area contributed by atoms with Gasteiger partial charge in [0.05, 0.1) is 10.6 Å². The number of carbonyl (C=O) groups excluding carboxylic acids is 2. The van der Waals surface area contributed by atoms with Crippen LogP contribution in [0.3, 0.4) is 0 Å². The van der Waals surface area contributed by atoms with Gasteiger partial charge in [-0.3, -0.25) is 4.79 Å². The lowest BCUT2D eigenvalue weighted by molar-refractivity contribution is 0.0772. The number of hydrogen-bond acceptors (Lipinski definition) is 2. The Morgan fingerprint density at radius 1 is 1.12 bits per heavy atom. The van der Waals surface area contributed by atoms with Crippen LogP contribution in [0.25, 0.3) is 0 Å². The molecule has 3 amide bonds. The summed E-state index contributed by atoms with van der Waals surface area (Å²) < 4.78 is 14.0. The van der Waals surface area contributed by atoms with Crippen LogP contribution in [0.15, 0.2) is 18.2 Å². The van der Waals surface area contributed by atoms with Crippen molar-refractivity contribution in [3.63, 3.8) is 0 Å². The van der Waals surface area contributed by atoms with Gasteiger partial charge < -0.3 is 15.1 Å². The maximum atomic E-state index is 14.0.